The molecule has 2 atom stereocenters. The molecule has 2 N–H and O–H groups in total. The molecule has 0 unspecified atom stereocenters. The molecular weight excluding hydrogens is 415 g/mol. The number of nitrogens with zero attached hydrogens (tertiary/aromatic N) is 2. The van der Waals surface area contributed by atoms with Gasteiger partial charge in [0.2, 0.25) is 6.10 Å². The zero-order valence-corrected chi connectivity index (χ0v) is 16.0. The Kier molecular flexibility index (Phi) is 5.07. The molecule has 0 radical (unpaired) electrons. The van der Waals surface area contributed by atoms with E-state index in [4.69, 9.17) is 0 Å². The van der Waals surface area contributed by atoms with Crippen molar-refractivity contribution in [3.8, 4) is 5.75 Å². The summed E-state index contributed by atoms with van der Waals surface area (Å²) in [5.74, 6) is -0.868. The molecule has 0 bridgehead atoms. The number of hydrogen-bond acceptors (Lipinski definition) is 6. The minimum atomic E-state index is -4.80. The van der Waals surface area contributed by atoms with Crippen LogP contribution in [0, 0.1) is 6.92 Å². The number of phenols is 1. The maximum absolute atomic E-state index is 13.1. The average molecular weight is 431 g/mol. The lowest BCUT2D eigenvalue weighted by Crippen LogP contribution is -2.41. The van der Waals surface area contributed by atoms with Crippen LogP contribution in [0.3, 0.4) is 0 Å². The van der Waals surface area contributed by atoms with Gasteiger partial charge in [-0.05, 0) is 43.7 Å². The van der Waals surface area contributed by atoms with Gasteiger partial charge in [0.1, 0.15) is 10.6 Å². The lowest BCUT2D eigenvalue weighted by molar-refractivity contribution is -0.198. The van der Waals surface area contributed by atoms with Crippen molar-refractivity contribution in [3.63, 3.8) is 0 Å². The number of aryl methyl sites for hydroxylation is 1. The molecule has 1 aromatic heterocycles. The minimum Gasteiger partial charge on any atom is -0.507 e. The number of aromatic nitrogens is 1. The lowest BCUT2D eigenvalue weighted by Gasteiger charge is -2.23. The Morgan fingerprint density at radius 1 is 1.28 bits per heavy atom. The van der Waals surface area contributed by atoms with Crippen LogP contribution in [0.15, 0.2) is 41.4 Å². The second-order valence-corrected chi connectivity index (χ2v) is 8.06. The number of cyclic esters (lactones) is 1. The molecule has 3 rings (SSSR count). The van der Waals surface area contributed by atoms with E-state index in [1.54, 1.807) is 6.92 Å². The van der Waals surface area contributed by atoms with Crippen molar-refractivity contribution in [1.29, 1.82) is 0 Å². The maximum atomic E-state index is 13.1. The van der Waals surface area contributed by atoms with Gasteiger partial charge in [0.15, 0.2) is 5.82 Å². The van der Waals surface area contributed by atoms with Crippen LogP contribution >= 0.6 is 0 Å². The molecule has 1 amide bonds. The quantitative estimate of drug-likeness (QED) is 0.770. The van der Waals surface area contributed by atoms with Gasteiger partial charge >= 0.3 is 12.3 Å². The summed E-state index contributed by atoms with van der Waals surface area (Å²) in [5.41, 5.74) is 0.305. The van der Waals surface area contributed by atoms with E-state index in [1.165, 1.54) is 36.5 Å². The zero-order chi connectivity index (χ0) is 21.6. The van der Waals surface area contributed by atoms with Crippen molar-refractivity contribution in [2.75, 3.05) is 9.62 Å². The van der Waals surface area contributed by atoms with Crippen LogP contribution in [-0.4, -0.2) is 42.9 Å². The molecule has 0 saturated carbocycles. The van der Waals surface area contributed by atoms with E-state index in [9.17, 15) is 31.5 Å². The first-order valence-corrected chi connectivity index (χ1v) is 9.74. The van der Waals surface area contributed by atoms with Crippen molar-refractivity contribution < 1.29 is 36.2 Å². The van der Waals surface area contributed by atoms with Gasteiger partial charge < -0.3 is 9.84 Å². The van der Waals surface area contributed by atoms with Crippen LogP contribution in [-0.2, 0) is 14.8 Å². The molecule has 156 valence electrons. The average Bonchev–Trinajstić information content (AvgIpc) is 2.92. The van der Waals surface area contributed by atoms with Crippen molar-refractivity contribution in [3.05, 3.63) is 42.1 Å². The first kappa shape index (κ1) is 20.7. The molecule has 8 nitrogen and oxygen atoms in total. The van der Waals surface area contributed by atoms with Gasteiger partial charge in [-0.1, -0.05) is 6.07 Å². The third-order valence-electron chi connectivity index (χ3n) is 4.26. The molecule has 1 fully saturated rings. The van der Waals surface area contributed by atoms with Crippen molar-refractivity contribution in [2.24, 2.45) is 0 Å². The summed E-state index contributed by atoms with van der Waals surface area (Å²) in [6.45, 7) is 2.73. The van der Waals surface area contributed by atoms with Gasteiger partial charge in [0, 0.05) is 6.20 Å². The zero-order valence-electron chi connectivity index (χ0n) is 15.1. The molecule has 1 aliphatic heterocycles. The van der Waals surface area contributed by atoms with Gasteiger partial charge in [0.25, 0.3) is 10.0 Å². The summed E-state index contributed by atoms with van der Waals surface area (Å²) in [6, 6.07) is 5.01. The number of amides is 1. The van der Waals surface area contributed by atoms with E-state index in [2.05, 4.69) is 14.4 Å². The SMILES string of the molecule is Cc1ccc(O)c(S(=O)(=O)Nc2cccnc2N2C(=O)O[C@@H](C(F)(F)F)[C@@H]2C)c1. The largest absolute Gasteiger partial charge is 0.507 e. The van der Waals surface area contributed by atoms with E-state index in [1.807, 2.05) is 0 Å². The summed E-state index contributed by atoms with van der Waals surface area (Å²) in [7, 11) is -4.34. The summed E-state index contributed by atoms with van der Waals surface area (Å²) in [6.07, 6.45) is -7.30. The predicted octanol–water partition coefficient (Wildman–Crippen LogP) is 3.17. The molecule has 2 heterocycles. The third kappa shape index (κ3) is 3.92. The highest BCUT2D eigenvalue weighted by Crippen LogP contribution is 2.38. The molecule has 2 aromatic rings. The van der Waals surface area contributed by atoms with E-state index in [-0.39, 0.29) is 11.5 Å². The Morgan fingerprint density at radius 2 is 1.97 bits per heavy atom. The molecule has 1 aliphatic rings. The number of ether oxygens (including phenoxy) is 1. The number of halogens is 3. The van der Waals surface area contributed by atoms with E-state index >= 15 is 0 Å². The number of benzene rings is 1. The fraction of sp³-hybridized carbons (Fsp3) is 0.294. The first-order chi connectivity index (χ1) is 13.4. The monoisotopic (exact) mass is 431 g/mol. The Morgan fingerprint density at radius 3 is 2.59 bits per heavy atom. The van der Waals surface area contributed by atoms with Crippen LogP contribution in [0.25, 0.3) is 0 Å². The number of pyridine rings is 1. The fourth-order valence-corrected chi connectivity index (χ4v) is 4.13. The highest BCUT2D eigenvalue weighted by molar-refractivity contribution is 7.92. The lowest BCUT2D eigenvalue weighted by atomic mass is 10.1. The Labute approximate surface area is 164 Å². The number of carbonyl (C=O) groups is 1. The Hall–Kier alpha value is -3.02. The smallest absolute Gasteiger partial charge is 0.427 e. The number of phenolic OH excluding ortho intramolecular Hbond substituents is 1. The van der Waals surface area contributed by atoms with Gasteiger partial charge in [0.05, 0.1) is 11.7 Å². The van der Waals surface area contributed by atoms with Crippen molar-refractivity contribution in [2.45, 2.75) is 37.1 Å². The summed E-state index contributed by atoms with van der Waals surface area (Å²) < 4.78 is 71.3. The van der Waals surface area contributed by atoms with E-state index in [0.29, 0.717) is 10.5 Å². The topological polar surface area (TPSA) is 109 Å². The van der Waals surface area contributed by atoms with Crippen LogP contribution in [0.2, 0.25) is 0 Å². The summed E-state index contributed by atoms with van der Waals surface area (Å²) >= 11 is 0. The molecule has 0 spiro atoms. The Bertz CT molecular complexity index is 1060. The second kappa shape index (κ2) is 7.10. The maximum Gasteiger partial charge on any atom is 0.427 e. The second-order valence-electron chi connectivity index (χ2n) is 6.41. The van der Waals surface area contributed by atoms with Crippen LogP contribution in [0.4, 0.5) is 29.5 Å². The first-order valence-electron chi connectivity index (χ1n) is 8.26. The number of hydrogen-bond donors (Lipinski definition) is 2. The van der Waals surface area contributed by atoms with Crippen molar-refractivity contribution in [1.82, 2.24) is 4.98 Å². The van der Waals surface area contributed by atoms with Gasteiger partial charge in [-0.2, -0.15) is 13.2 Å². The molecule has 29 heavy (non-hydrogen) atoms. The minimum absolute atomic E-state index is 0.250. The molecule has 1 aromatic carbocycles. The molecule has 12 heteroatoms. The highest BCUT2D eigenvalue weighted by Gasteiger charge is 2.55. The number of alkyl halides is 3. The van der Waals surface area contributed by atoms with Crippen LogP contribution < -0.4 is 9.62 Å². The number of carbonyl (C=O) groups excluding carboxylic acids is 1. The number of rotatable bonds is 4. The fourth-order valence-electron chi connectivity index (χ4n) is 2.89. The molecule has 1 saturated heterocycles. The van der Waals surface area contributed by atoms with Crippen LogP contribution in [0.1, 0.15) is 12.5 Å². The normalized spacial score (nSPS) is 19.9. The summed E-state index contributed by atoms with van der Waals surface area (Å²) in [5, 5.41) is 9.89. The van der Waals surface area contributed by atoms with Crippen LogP contribution in [0.5, 0.6) is 5.75 Å². The Balaban J connectivity index is 2.00. The van der Waals surface area contributed by atoms with Crippen molar-refractivity contribution >= 4 is 27.6 Å². The molecule has 0 aliphatic carbocycles. The standard InChI is InChI=1S/C17H16F3N3O5S/c1-9-5-6-12(24)13(8-9)29(26,27)22-11-4-3-7-21-15(11)23-10(2)14(17(18,19)20)28-16(23)25/h3-8,10,14,22,24H,1-2H3/t10-,14+/m0/s1. The van der Waals surface area contributed by atoms with E-state index in [0.717, 1.165) is 6.92 Å². The van der Waals surface area contributed by atoms with Gasteiger partial charge in [-0.25, -0.2) is 18.2 Å². The predicted molar refractivity (Wildman–Crippen MR) is 96.2 cm³/mol. The van der Waals surface area contributed by atoms with Gasteiger partial charge in [-0.15, -0.1) is 0 Å². The molecular formula is C17H16F3N3O5S. The number of aromatic hydroxyl groups is 1. The third-order valence-corrected chi connectivity index (χ3v) is 5.65. The highest BCUT2D eigenvalue weighted by atomic mass is 32.2. The number of anilines is 2. The van der Waals surface area contributed by atoms with E-state index < -0.39 is 45.1 Å². The summed E-state index contributed by atoms with van der Waals surface area (Å²) in [4.78, 5) is 16.1. The number of sulfonamides is 1. The van der Waals surface area contributed by atoms with Gasteiger partial charge in [-0.3, -0.25) is 9.62 Å². The number of nitrogens with one attached hydrogen (secondary N) is 1.